The molecule has 0 amide bonds. The van der Waals surface area contributed by atoms with Crippen LogP contribution in [0, 0.1) is 0 Å². The smallest absolute Gasteiger partial charge is 0.304 e. The van der Waals surface area contributed by atoms with Crippen LogP contribution in [0.3, 0.4) is 0 Å². The van der Waals surface area contributed by atoms with E-state index in [1.54, 1.807) is 5.38 Å². The van der Waals surface area contributed by atoms with Gasteiger partial charge in [0.05, 0.1) is 12.7 Å². The van der Waals surface area contributed by atoms with E-state index in [1.165, 1.54) is 6.20 Å². The molecule has 0 fully saturated rings. The molecule has 17 heavy (non-hydrogen) atoms. The molecule has 0 spiro atoms. The molecule has 2 N–H and O–H groups in total. The number of rotatable bonds is 4. The number of aromatic amines is 1. The van der Waals surface area contributed by atoms with Crippen LogP contribution >= 0.6 is 34.3 Å². The molecule has 0 saturated carbocycles. The van der Waals surface area contributed by atoms with Gasteiger partial charge in [0.1, 0.15) is 0 Å². The molecular weight excluding hydrogens is 306 g/mol. The lowest BCUT2D eigenvalue weighted by Crippen LogP contribution is -2.22. The van der Waals surface area contributed by atoms with Crippen molar-refractivity contribution >= 4 is 44.3 Å². The summed E-state index contributed by atoms with van der Waals surface area (Å²) in [5.74, 6) is 0. The molecule has 0 aliphatic heterocycles. The fraction of sp³-hybridized carbons (Fsp3) is 0.143. The second-order valence-corrected chi connectivity index (χ2v) is 7.38. The molecule has 0 atom stereocenters. The minimum absolute atomic E-state index is 0.0244. The number of hydrogen-bond donors (Lipinski definition) is 2. The van der Waals surface area contributed by atoms with Crippen LogP contribution in [0.15, 0.2) is 20.6 Å². The quantitative estimate of drug-likeness (QED) is 0.882. The van der Waals surface area contributed by atoms with Crippen molar-refractivity contribution in [1.29, 1.82) is 0 Å². The summed E-state index contributed by atoms with van der Waals surface area (Å²) in [7, 11) is -3.62. The van der Waals surface area contributed by atoms with Gasteiger partial charge in [-0.05, 0) is 0 Å². The second-order valence-electron chi connectivity index (χ2n) is 2.93. The second kappa shape index (κ2) is 4.86. The van der Waals surface area contributed by atoms with E-state index in [-0.39, 0.29) is 20.1 Å². The fourth-order valence-electron chi connectivity index (χ4n) is 1.01. The van der Waals surface area contributed by atoms with Crippen LogP contribution in [-0.2, 0) is 16.6 Å². The lowest BCUT2D eigenvalue weighted by Gasteiger charge is -2.01. The Morgan fingerprint density at radius 3 is 2.82 bits per heavy atom. The maximum Gasteiger partial charge on any atom is 0.304 e. The molecule has 2 rings (SSSR count). The topological polar surface area (TPSA) is 91.9 Å². The maximum atomic E-state index is 11.7. The summed E-state index contributed by atoms with van der Waals surface area (Å²) in [6.07, 6.45) is 1.19. The highest BCUT2D eigenvalue weighted by atomic mass is 35.5. The molecule has 2 aromatic heterocycles. The van der Waals surface area contributed by atoms with Crippen LogP contribution < -0.4 is 9.60 Å². The van der Waals surface area contributed by atoms with Crippen LogP contribution in [0.5, 0.6) is 0 Å². The molecule has 0 aliphatic carbocycles. The average molecular weight is 312 g/mol. The van der Waals surface area contributed by atoms with E-state index in [2.05, 4.69) is 14.7 Å². The Kier molecular flexibility index (Phi) is 3.64. The minimum atomic E-state index is -3.62. The van der Waals surface area contributed by atoms with Gasteiger partial charge >= 0.3 is 4.87 Å². The third-order valence-electron chi connectivity index (χ3n) is 1.74. The lowest BCUT2D eigenvalue weighted by molar-refractivity contribution is 0.582. The molecular formula is C7H6ClN3O3S3. The van der Waals surface area contributed by atoms with E-state index in [1.807, 2.05) is 0 Å². The van der Waals surface area contributed by atoms with Crippen LogP contribution in [-0.4, -0.2) is 18.4 Å². The monoisotopic (exact) mass is 311 g/mol. The molecule has 6 nitrogen and oxygen atoms in total. The number of aromatic nitrogens is 2. The largest absolute Gasteiger partial charge is 0.315 e. The number of sulfonamides is 1. The van der Waals surface area contributed by atoms with Crippen molar-refractivity contribution in [2.75, 3.05) is 0 Å². The van der Waals surface area contributed by atoms with E-state index >= 15 is 0 Å². The highest BCUT2D eigenvalue weighted by molar-refractivity contribution is 7.91. The lowest BCUT2D eigenvalue weighted by atomic mass is 10.5. The Morgan fingerprint density at radius 2 is 2.29 bits per heavy atom. The normalized spacial score (nSPS) is 11.8. The van der Waals surface area contributed by atoms with Crippen LogP contribution in [0.4, 0.5) is 0 Å². The molecule has 0 aliphatic rings. The summed E-state index contributed by atoms with van der Waals surface area (Å²) in [6.45, 7) is 0.0244. The van der Waals surface area contributed by atoms with Crippen molar-refractivity contribution in [3.05, 3.63) is 31.4 Å². The SMILES string of the molecule is O=c1[nH]c(CNS(=O)(=O)c2cnc(Cl)s2)cs1. The third-order valence-corrected chi connectivity index (χ3v) is 5.44. The van der Waals surface area contributed by atoms with Gasteiger partial charge in [0.15, 0.2) is 8.68 Å². The zero-order valence-corrected chi connectivity index (χ0v) is 11.3. The Bertz CT molecular complexity index is 672. The number of nitrogens with one attached hydrogen (secondary N) is 2. The fourth-order valence-corrected chi connectivity index (χ4v) is 3.93. The van der Waals surface area contributed by atoms with Crippen molar-refractivity contribution in [3.8, 4) is 0 Å². The molecule has 0 bridgehead atoms. The predicted octanol–water partition coefficient (Wildman–Crippen LogP) is 1.02. The number of nitrogens with zero attached hydrogens (tertiary/aromatic N) is 1. The first-order chi connectivity index (χ1) is 7.97. The van der Waals surface area contributed by atoms with Crippen molar-refractivity contribution < 1.29 is 8.42 Å². The van der Waals surface area contributed by atoms with E-state index < -0.39 is 10.0 Å². The van der Waals surface area contributed by atoms with Crippen molar-refractivity contribution in [2.24, 2.45) is 0 Å². The molecule has 0 radical (unpaired) electrons. The van der Waals surface area contributed by atoms with Gasteiger partial charge in [0.2, 0.25) is 0 Å². The van der Waals surface area contributed by atoms with Crippen molar-refractivity contribution in [3.63, 3.8) is 0 Å². The number of thiazole rings is 2. The summed E-state index contributed by atoms with van der Waals surface area (Å²) in [5, 5.41) is 1.56. The van der Waals surface area contributed by atoms with Crippen LogP contribution in [0.25, 0.3) is 0 Å². The maximum absolute atomic E-state index is 11.7. The first-order valence-corrected chi connectivity index (χ1v) is 7.81. The first kappa shape index (κ1) is 12.7. The molecule has 0 unspecified atom stereocenters. The van der Waals surface area contributed by atoms with E-state index in [0.29, 0.717) is 5.69 Å². The number of hydrogen-bond acceptors (Lipinski definition) is 6. The minimum Gasteiger partial charge on any atom is -0.315 e. The Balaban J connectivity index is 2.11. The highest BCUT2D eigenvalue weighted by Crippen LogP contribution is 2.22. The summed E-state index contributed by atoms with van der Waals surface area (Å²) in [5.41, 5.74) is 0.513. The molecule has 0 aromatic carbocycles. The van der Waals surface area contributed by atoms with Gasteiger partial charge in [-0.1, -0.05) is 34.3 Å². The number of halogens is 1. The molecule has 2 aromatic rings. The van der Waals surface area contributed by atoms with Gasteiger partial charge in [0.25, 0.3) is 10.0 Å². The summed E-state index contributed by atoms with van der Waals surface area (Å²) in [4.78, 5) is 16.8. The van der Waals surface area contributed by atoms with Crippen LogP contribution in [0.1, 0.15) is 5.69 Å². The zero-order valence-electron chi connectivity index (χ0n) is 8.14. The predicted molar refractivity (Wildman–Crippen MR) is 66.1 cm³/mol. The molecule has 92 valence electrons. The Hall–Kier alpha value is -0.740. The van der Waals surface area contributed by atoms with Gasteiger partial charge in [-0.25, -0.2) is 18.1 Å². The summed E-state index contributed by atoms with van der Waals surface area (Å²) >= 11 is 7.40. The third kappa shape index (κ3) is 3.13. The molecule has 0 saturated heterocycles. The van der Waals surface area contributed by atoms with Gasteiger partial charge in [-0.2, -0.15) is 0 Å². The Morgan fingerprint density at radius 1 is 1.53 bits per heavy atom. The standard InChI is InChI=1S/C7H6ClN3O3S3/c8-6-9-2-5(16-6)17(13,14)10-1-4-3-15-7(12)11-4/h2-3,10H,1H2,(H,11,12). The van der Waals surface area contributed by atoms with Crippen molar-refractivity contribution in [1.82, 2.24) is 14.7 Å². The zero-order chi connectivity index (χ0) is 12.5. The summed E-state index contributed by atoms with van der Waals surface area (Å²) < 4.78 is 26.0. The van der Waals surface area contributed by atoms with Gasteiger partial charge in [0, 0.05) is 11.1 Å². The van der Waals surface area contributed by atoms with E-state index in [9.17, 15) is 13.2 Å². The van der Waals surface area contributed by atoms with Gasteiger partial charge in [-0.3, -0.25) is 4.79 Å². The van der Waals surface area contributed by atoms with E-state index in [4.69, 9.17) is 11.6 Å². The van der Waals surface area contributed by atoms with Gasteiger partial charge in [-0.15, -0.1) is 0 Å². The average Bonchev–Trinajstić information content (AvgIpc) is 2.85. The highest BCUT2D eigenvalue weighted by Gasteiger charge is 2.17. The molecule has 2 heterocycles. The van der Waals surface area contributed by atoms with Crippen molar-refractivity contribution in [2.45, 2.75) is 10.8 Å². The first-order valence-electron chi connectivity index (χ1n) is 4.25. The van der Waals surface area contributed by atoms with Crippen LogP contribution in [0.2, 0.25) is 4.47 Å². The van der Waals surface area contributed by atoms with E-state index in [0.717, 1.165) is 22.7 Å². The summed E-state index contributed by atoms with van der Waals surface area (Å²) in [6, 6.07) is 0. The number of H-pyrrole nitrogens is 1. The molecule has 10 heteroatoms. The van der Waals surface area contributed by atoms with Gasteiger partial charge < -0.3 is 4.98 Å². The Labute approximate surface area is 109 Å².